The normalized spacial score (nSPS) is 12.0. The molecule has 1 rings (SSSR count). The smallest absolute Gasteiger partial charge is 0.0492 e. The average molecular weight is 195 g/mol. The van der Waals surface area contributed by atoms with Crippen LogP contribution >= 0.6 is 0 Å². The Hall–Kier alpha value is -0.830. The summed E-state index contributed by atoms with van der Waals surface area (Å²) in [4.78, 5) is 0. The predicted octanol–water partition coefficient (Wildman–Crippen LogP) is 1.74. The number of aryl methyl sites for hydroxylation is 2. The Kier molecular flexibility index (Phi) is 3.69. The molecule has 0 bridgehead atoms. The summed E-state index contributed by atoms with van der Waals surface area (Å²) in [5.41, 5.74) is 1.53. The van der Waals surface area contributed by atoms with Gasteiger partial charge in [0.25, 0.3) is 0 Å². The first kappa shape index (κ1) is 11.2. The summed E-state index contributed by atoms with van der Waals surface area (Å²) in [6.45, 7) is 7.64. The fourth-order valence-corrected chi connectivity index (χ4v) is 1.38. The van der Waals surface area contributed by atoms with Crippen LogP contribution in [0.4, 0.5) is 0 Å². The molecule has 3 heteroatoms. The van der Waals surface area contributed by atoms with E-state index in [1.807, 2.05) is 17.9 Å². The lowest BCUT2D eigenvalue weighted by Gasteiger charge is -2.20. The SMILES string of the molecule is Cn1nccc1CCCNC(C)(C)C. The summed E-state index contributed by atoms with van der Waals surface area (Å²) in [5.74, 6) is 0. The van der Waals surface area contributed by atoms with Crippen LogP contribution in [0.15, 0.2) is 12.3 Å². The number of nitrogens with zero attached hydrogens (tertiary/aromatic N) is 2. The van der Waals surface area contributed by atoms with Crippen LogP contribution in [0.5, 0.6) is 0 Å². The molecule has 1 aromatic rings. The molecule has 1 N–H and O–H groups in total. The third-order valence-electron chi connectivity index (χ3n) is 2.19. The predicted molar refractivity (Wildman–Crippen MR) is 59.3 cm³/mol. The first-order valence-corrected chi connectivity index (χ1v) is 5.21. The molecule has 0 saturated heterocycles. The Morgan fingerprint density at radius 3 is 2.64 bits per heavy atom. The van der Waals surface area contributed by atoms with Crippen LogP contribution < -0.4 is 5.32 Å². The van der Waals surface area contributed by atoms with E-state index in [-0.39, 0.29) is 5.54 Å². The molecular weight excluding hydrogens is 174 g/mol. The van der Waals surface area contributed by atoms with Gasteiger partial charge >= 0.3 is 0 Å². The molecule has 0 aliphatic heterocycles. The van der Waals surface area contributed by atoms with Crippen LogP contribution in [0.25, 0.3) is 0 Å². The van der Waals surface area contributed by atoms with Crippen molar-refractivity contribution >= 4 is 0 Å². The van der Waals surface area contributed by atoms with Crippen molar-refractivity contribution < 1.29 is 0 Å². The molecule has 0 saturated carbocycles. The monoisotopic (exact) mass is 195 g/mol. The van der Waals surface area contributed by atoms with E-state index in [2.05, 4.69) is 37.3 Å². The van der Waals surface area contributed by atoms with Gasteiger partial charge in [-0.15, -0.1) is 0 Å². The summed E-state index contributed by atoms with van der Waals surface area (Å²) in [5, 5.41) is 7.61. The zero-order valence-corrected chi connectivity index (χ0v) is 9.67. The van der Waals surface area contributed by atoms with Gasteiger partial charge in [0.1, 0.15) is 0 Å². The van der Waals surface area contributed by atoms with Gasteiger partial charge in [0.15, 0.2) is 0 Å². The minimum absolute atomic E-state index is 0.229. The molecule has 0 fully saturated rings. The van der Waals surface area contributed by atoms with Gasteiger partial charge in [0.2, 0.25) is 0 Å². The van der Waals surface area contributed by atoms with Crippen molar-refractivity contribution in [2.45, 2.75) is 39.2 Å². The van der Waals surface area contributed by atoms with Crippen molar-refractivity contribution in [2.75, 3.05) is 6.54 Å². The van der Waals surface area contributed by atoms with Crippen LogP contribution in [0, 0.1) is 0 Å². The second-order valence-electron chi connectivity index (χ2n) is 4.73. The summed E-state index contributed by atoms with van der Waals surface area (Å²) in [6, 6.07) is 2.08. The molecule has 0 aliphatic rings. The lowest BCUT2D eigenvalue weighted by atomic mass is 10.1. The van der Waals surface area contributed by atoms with E-state index in [4.69, 9.17) is 0 Å². The second-order valence-corrected chi connectivity index (χ2v) is 4.73. The highest BCUT2D eigenvalue weighted by Crippen LogP contribution is 2.02. The molecular formula is C11H21N3. The van der Waals surface area contributed by atoms with Crippen LogP contribution in [0.3, 0.4) is 0 Å². The van der Waals surface area contributed by atoms with Gasteiger partial charge in [0, 0.05) is 24.5 Å². The highest BCUT2D eigenvalue weighted by Gasteiger charge is 2.07. The standard InChI is InChI=1S/C11H21N3/c1-11(2,3)12-8-5-6-10-7-9-13-14(10)4/h7,9,12H,5-6,8H2,1-4H3. The summed E-state index contributed by atoms with van der Waals surface area (Å²) in [6.07, 6.45) is 4.11. The highest BCUT2D eigenvalue weighted by atomic mass is 15.2. The Morgan fingerprint density at radius 2 is 2.14 bits per heavy atom. The maximum Gasteiger partial charge on any atom is 0.0492 e. The molecule has 0 aromatic carbocycles. The summed E-state index contributed by atoms with van der Waals surface area (Å²) >= 11 is 0. The van der Waals surface area contributed by atoms with Gasteiger partial charge in [-0.2, -0.15) is 5.10 Å². The molecule has 1 aromatic heterocycles. The van der Waals surface area contributed by atoms with Gasteiger partial charge in [-0.25, -0.2) is 0 Å². The maximum absolute atomic E-state index is 4.14. The van der Waals surface area contributed by atoms with Crippen molar-refractivity contribution in [2.24, 2.45) is 7.05 Å². The summed E-state index contributed by atoms with van der Waals surface area (Å²) < 4.78 is 1.94. The molecule has 0 radical (unpaired) electrons. The zero-order valence-electron chi connectivity index (χ0n) is 9.67. The fraction of sp³-hybridized carbons (Fsp3) is 0.727. The van der Waals surface area contributed by atoms with E-state index in [0.717, 1.165) is 19.4 Å². The zero-order chi connectivity index (χ0) is 10.6. The Labute approximate surface area is 86.5 Å². The minimum atomic E-state index is 0.229. The number of rotatable bonds is 4. The van der Waals surface area contributed by atoms with E-state index in [9.17, 15) is 0 Å². The van der Waals surface area contributed by atoms with Crippen molar-refractivity contribution in [3.8, 4) is 0 Å². The number of nitrogens with one attached hydrogen (secondary N) is 1. The van der Waals surface area contributed by atoms with Crippen molar-refractivity contribution in [3.63, 3.8) is 0 Å². The topological polar surface area (TPSA) is 29.9 Å². The van der Waals surface area contributed by atoms with Crippen LogP contribution in [0.1, 0.15) is 32.9 Å². The average Bonchev–Trinajstić information content (AvgIpc) is 2.44. The minimum Gasteiger partial charge on any atom is -0.312 e. The molecule has 14 heavy (non-hydrogen) atoms. The Balaban J connectivity index is 2.20. The molecule has 0 atom stereocenters. The fourth-order valence-electron chi connectivity index (χ4n) is 1.38. The molecule has 0 aliphatic carbocycles. The Morgan fingerprint density at radius 1 is 1.43 bits per heavy atom. The van der Waals surface area contributed by atoms with Crippen molar-refractivity contribution in [1.82, 2.24) is 15.1 Å². The third kappa shape index (κ3) is 3.92. The van der Waals surface area contributed by atoms with Crippen LogP contribution in [0.2, 0.25) is 0 Å². The van der Waals surface area contributed by atoms with Gasteiger partial charge in [0.05, 0.1) is 0 Å². The maximum atomic E-state index is 4.14. The van der Waals surface area contributed by atoms with Crippen LogP contribution in [-0.2, 0) is 13.5 Å². The van der Waals surface area contributed by atoms with E-state index in [1.165, 1.54) is 5.69 Å². The largest absolute Gasteiger partial charge is 0.312 e. The molecule has 3 nitrogen and oxygen atoms in total. The second kappa shape index (κ2) is 4.60. The number of aromatic nitrogens is 2. The van der Waals surface area contributed by atoms with Gasteiger partial charge in [-0.05, 0) is 46.2 Å². The van der Waals surface area contributed by atoms with Crippen LogP contribution in [-0.4, -0.2) is 21.9 Å². The first-order valence-electron chi connectivity index (χ1n) is 5.21. The van der Waals surface area contributed by atoms with E-state index < -0.39 is 0 Å². The molecule has 0 amide bonds. The van der Waals surface area contributed by atoms with Crippen molar-refractivity contribution in [1.29, 1.82) is 0 Å². The third-order valence-corrected chi connectivity index (χ3v) is 2.19. The molecule has 0 spiro atoms. The van der Waals surface area contributed by atoms with Crippen molar-refractivity contribution in [3.05, 3.63) is 18.0 Å². The van der Waals surface area contributed by atoms with Gasteiger partial charge in [-0.1, -0.05) is 0 Å². The molecule has 0 unspecified atom stereocenters. The highest BCUT2D eigenvalue weighted by molar-refractivity contribution is 4.99. The summed E-state index contributed by atoms with van der Waals surface area (Å²) in [7, 11) is 1.99. The van der Waals surface area contributed by atoms with Gasteiger partial charge < -0.3 is 5.32 Å². The Bertz CT molecular complexity index is 270. The first-order chi connectivity index (χ1) is 6.49. The van der Waals surface area contributed by atoms with E-state index >= 15 is 0 Å². The van der Waals surface area contributed by atoms with Gasteiger partial charge in [-0.3, -0.25) is 4.68 Å². The quantitative estimate of drug-likeness (QED) is 0.742. The number of hydrogen-bond acceptors (Lipinski definition) is 2. The molecule has 1 heterocycles. The molecule has 80 valence electrons. The lowest BCUT2D eigenvalue weighted by Crippen LogP contribution is -2.36. The van der Waals surface area contributed by atoms with E-state index in [0.29, 0.717) is 0 Å². The lowest BCUT2D eigenvalue weighted by molar-refractivity contribution is 0.421. The number of hydrogen-bond donors (Lipinski definition) is 1. The van der Waals surface area contributed by atoms with E-state index in [1.54, 1.807) is 0 Å².